The molecule has 1 atom stereocenters. The molecule has 1 unspecified atom stereocenters. The Morgan fingerprint density at radius 3 is 2.82 bits per heavy atom. The van der Waals surface area contributed by atoms with E-state index < -0.39 is 10.7 Å². The fourth-order valence-corrected chi connectivity index (χ4v) is 4.58. The van der Waals surface area contributed by atoms with Crippen LogP contribution < -0.4 is 0 Å². The van der Waals surface area contributed by atoms with Crippen molar-refractivity contribution < 1.29 is 8.42 Å². The van der Waals surface area contributed by atoms with Crippen molar-refractivity contribution in [3.63, 3.8) is 0 Å². The molecule has 112 valence electrons. The highest BCUT2D eigenvalue weighted by Crippen LogP contribution is 2.45. The van der Waals surface area contributed by atoms with Crippen molar-refractivity contribution in [2.75, 3.05) is 5.75 Å². The van der Waals surface area contributed by atoms with Gasteiger partial charge >= 0.3 is 0 Å². The van der Waals surface area contributed by atoms with Crippen LogP contribution in [0.1, 0.15) is 36.3 Å². The van der Waals surface area contributed by atoms with Crippen LogP contribution in [0.3, 0.4) is 0 Å². The van der Waals surface area contributed by atoms with Crippen molar-refractivity contribution >= 4 is 27.0 Å². The van der Waals surface area contributed by atoms with Gasteiger partial charge in [-0.3, -0.25) is 0 Å². The van der Waals surface area contributed by atoms with Crippen LogP contribution in [0.25, 0.3) is 16.3 Å². The molecule has 3 heteroatoms. The van der Waals surface area contributed by atoms with Crippen LogP contribution in [-0.2, 0) is 10.7 Å². The first kappa shape index (κ1) is 13.8. The second-order valence-corrected chi connectivity index (χ2v) is 7.15. The van der Waals surface area contributed by atoms with Crippen LogP contribution in [0.4, 0.5) is 0 Å². The summed E-state index contributed by atoms with van der Waals surface area (Å²) in [4.78, 5) is 0. The summed E-state index contributed by atoms with van der Waals surface area (Å²) in [5.41, 5.74) is 5.21. The maximum absolute atomic E-state index is 11.4. The van der Waals surface area contributed by atoms with Crippen LogP contribution in [0, 0.1) is 0 Å². The Balaban J connectivity index is 2.01. The first-order valence-electron chi connectivity index (χ1n) is 7.76. The average Bonchev–Trinajstić information content (AvgIpc) is 2.54. The zero-order valence-electron chi connectivity index (χ0n) is 12.3. The van der Waals surface area contributed by atoms with Crippen LogP contribution in [0.5, 0.6) is 0 Å². The zero-order valence-corrected chi connectivity index (χ0v) is 13.2. The largest absolute Gasteiger partial charge is 0.232 e. The molecule has 0 fully saturated rings. The molecule has 0 spiro atoms. The molecule has 0 amide bonds. The Hall–Kier alpha value is -1.87. The minimum absolute atomic E-state index is 0.0902. The van der Waals surface area contributed by atoms with E-state index in [1.807, 2.05) is 12.1 Å². The summed E-state index contributed by atoms with van der Waals surface area (Å²) in [6.45, 7) is 0. The smallest absolute Gasteiger partial charge is 0.140 e. The van der Waals surface area contributed by atoms with Gasteiger partial charge in [0.1, 0.15) is 10.7 Å². The van der Waals surface area contributed by atoms with Gasteiger partial charge < -0.3 is 0 Å². The normalized spacial score (nSPS) is 20.3. The van der Waals surface area contributed by atoms with Crippen molar-refractivity contribution in [2.24, 2.45) is 0 Å². The van der Waals surface area contributed by atoms with Crippen molar-refractivity contribution in [3.05, 3.63) is 65.3 Å². The quantitative estimate of drug-likeness (QED) is 0.849. The molecule has 0 saturated carbocycles. The summed E-state index contributed by atoms with van der Waals surface area (Å²) in [5.74, 6) is 0.337. The molecule has 2 aromatic carbocycles. The van der Waals surface area contributed by atoms with E-state index in [1.54, 1.807) is 0 Å². The first-order valence-corrected chi connectivity index (χ1v) is 9.12. The highest BCUT2D eigenvalue weighted by atomic mass is 32.2. The van der Waals surface area contributed by atoms with Gasteiger partial charge in [0.15, 0.2) is 0 Å². The molecule has 2 aliphatic rings. The van der Waals surface area contributed by atoms with Gasteiger partial charge in [-0.25, -0.2) is 8.42 Å². The molecule has 0 heterocycles. The number of fused-ring (bicyclic) bond motifs is 4. The Labute approximate surface area is 132 Å². The first-order chi connectivity index (χ1) is 10.7. The van der Waals surface area contributed by atoms with Crippen molar-refractivity contribution in [1.82, 2.24) is 0 Å². The van der Waals surface area contributed by atoms with Gasteiger partial charge in [0, 0.05) is 5.92 Å². The van der Waals surface area contributed by atoms with E-state index in [9.17, 15) is 8.42 Å². The molecule has 4 rings (SSSR count). The van der Waals surface area contributed by atoms with Gasteiger partial charge in [0.2, 0.25) is 0 Å². The fraction of sp³-hybridized carbons (Fsp3) is 0.263. The number of thiol groups is 1. The molecule has 0 radical (unpaired) electrons. The van der Waals surface area contributed by atoms with Crippen molar-refractivity contribution in [3.8, 4) is 0 Å². The Bertz CT molecular complexity index is 879. The van der Waals surface area contributed by atoms with Crippen LogP contribution in [0.2, 0.25) is 0 Å². The van der Waals surface area contributed by atoms with Gasteiger partial charge in [0.25, 0.3) is 0 Å². The topological polar surface area (TPSA) is 34.1 Å². The summed E-state index contributed by atoms with van der Waals surface area (Å²) in [7, 11) is -2.37. The lowest BCUT2D eigenvalue weighted by Crippen LogP contribution is -2.16. The molecule has 0 aromatic heterocycles. The van der Waals surface area contributed by atoms with Gasteiger partial charge in [-0.2, -0.15) is 0 Å². The van der Waals surface area contributed by atoms with Gasteiger partial charge in [-0.15, -0.1) is 0 Å². The third kappa shape index (κ3) is 2.20. The lowest BCUT2D eigenvalue weighted by molar-refractivity contribution is 0.603. The van der Waals surface area contributed by atoms with E-state index in [-0.39, 0.29) is 11.7 Å². The molecule has 2 aromatic rings. The third-order valence-corrected chi connectivity index (χ3v) is 5.55. The van der Waals surface area contributed by atoms with E-state index >= 15 is 0 Å². The Kier molecular flexibility index (Phi) is 3.38. The van der Waals surface area contributed by atoms with E-state index in [2.05, 4.69) is 36.4 Å². The van der Waals surface area contributed by atoms with E-state index in [4.69, 9.17) is 0 Å². The Morgan fingerprint density at radius 1 is 1.09 bits per heavy atom. The number of rotatable bonds is 2. The predicted octanol–water partition coefficient (Wildman–Crippen LogP) is 4.04. The van der Waals surface area contributed by atoms with Crippen molar-refractivity contribution in [2.45, 2.75) is 25.2 Å². The number of hydrogen-bond donors (Lipinski definition) is 1. The highest BCUT2D eigenvalue weighted by Gasteiger charge is 2.28. The molecule has 2 nitrogen and oxygen atoms in total. The molecule has 0 saturated heterocycles. The van der Waals surface area contributed by atoms with E-state index in [0.717, 1.165) is 19.3 Å². The van der Waals surface area contributed by atoms with Gasteiger partial charge in [-0.1, -0.05) is 54.1 Å². The maximum Gasteiger partial charge on any atom is 0.140 e. The van der Waals surface area contributed by atoms with Gasteiger partial charge in [-0.05, 0) is 46.7 Å². The van der Waals surface area contributed by atoms with Gasteiger partial charge in [0.05, 0.1) is 5.75 Å². The fourth-order valence-electron chi connectivity index (χ4n) is 3.91. The molecular formula is C19H18O2S. The zero-order chi connectivity index (χ0) is 15.1. The SMILES string of the molecule is O=[SH](=O)CC1CC2=C(C=CCC2)c2ccc3ccccc3c21. The number of benzene rings is 2. The van der Waals surface area contributed by atoms with E-state index in [0.29, 0.717) is 0 Å². The lowest BCUT2D eigenvalue weighted by atomic mass is 9.75. The standard InChI is InChI=1S/C19H18O2S/c20-22(21)12-15-11-14-6-2-3-7-16(14)18-10-9-13-5-1-4-8-17(13)19(15)18/h1,3-5,7-10,15,22H,2,6,11-12H2. The molecule has 0 aliphatic heterocycles. The molecule has 2 aliphatic carbocycles. The van der Waals surface area contributed by atoms with Crippen molar-refractivity contribution in [1.29, 1.82) is 0 Å². The number of allylic oxidation sites excluding steroid dienone is 4. The summed E-state index contributed by atoms with van der Waals surface area (Å²) < 4.78 is 22.8. The molecular weight excluding hydrogens is 292 g/mol. The van der Waals surface area contributed by atoms with E-state index in [1.165, 1.54) is 33.0 Å². The monoisotopic (exact) mass is 310 g/mol. The second-order valence-electron chi connectivity index (χ2n) is 6.12. The van der Waals surface area contributed by atoms with Crippen LogP contribution in [-0.4, -0.2) is 14.2 Å². The minimum Gasteiger partial charge on any atom is -0.232 e. The molecule has 0 N–H and O–H groups in total. The molecule has 22 heavy (non-hydrogen) atoms. The predicted molar refractivity (Wildman–Crippen MR) is 91.8 cm³/mol. The van der Waals surface area contributed by atoms with Crippen LogP contribution >= 0.6 is 0 Å². The summed E-state index contributed by atoms with van der Waals surface area (Å²) in [6.07, 6.45) is 7.46. The average molecular weight is 310 g/mol. The highest BCUT2D eigenvalue weighted by molar-refractivity contribution is 7.72. The second kappa shape index (κ2) is 5.40. The third-order valence-electron chi connectivity index (χ3n) is 4.81. The lowest BCUT2D eigenvalue weighted by Gasteiger charge is -2.31. The minimum atomic E-state index is -2.37. The summed E-state index contributed by atoms with van der Waals surface area (Å²) in [6, 6.07) is 12.6. The Morgan fingerprint density at radius 2 is 1.95 bits per heavy atom. The molecule has 0 bridgehead atoms. The summed E-state index contributed by atoms with van der Waals surface area (Å²) in [5, 5.41) is 2.39. The maximum atomic E-state index is 11.4. The number of hydrogen-bond acceptors (Lipinski definition) is 2. The summed E-state index contributed by atoms with van der Waals surface area (Å²) >= 11 is 0. The van der Waals surface area contributed by atoms with Crippen LogP contribution in [0.15, 0.2) is 54.1 Å².